The van der Waals surface area contributed by atoms with Gasteiger partial charge in [-0.05, 0) is 38.0 Å². The molecule has 36 heavy (non-hydrogen) atoms. The molecule has 0 spiro atoms. The van der Waals surface area contributed by atoms with Crippen molar-refractivity contribution in [2.45, 2.75) is 45.4 Å². The number of amides is 1. The molecule has 0 saturated carbocycles. The zero-order valence-electron chi connectivity index (χ0n) is 20.1. The first-order valence-corrected chi connectivity index (χ1v) is 11.7. The van der Waals surface area contributed by atoms with Crippen LogP contribution in [-0.2, 0) is 24.4 Å². The smallest absolute Gasteiger partial charge is 0.242 e. The predicted molar refractivity (Wildman–Crippen MR) is 131 cm³/mol. The van der Waals surface area contributed by atoms with Crippen LogP contribution in [0.4, 0.5) is 15.9 Å². The van der Waals surface area contributed by atoms with Crippen LogP contribution >= 0.6 is 0 Å². The zero-order chi connectivity index (χ0) is 25.4. The van der Waals surface area contributed by atoms with Gasteiger partial charge in [-0.2, -0.15) is 5.10 Å². The van der Waals surface area contributed by atoms with Crippen LogP contribution in [0, 0.1) is 12.7 Å². The van der Waals surface area contributed by atoms with Crippen LogP contribution in [0.25, 0.3) is 11.2 Å². The Kier molecular flexibility index (Phi) is 6.00. The number of anilines is 2. The highest BCUT2D eigenvalue weighted by atomic mass is 19.1. The minimum atomic E-state index is -1.10. The summed E-state index contributed by atoms with van der Waals surface area (Å²) in [6.07, 6.45) is 4.90. The molecule has 0 radical (unpaired) electrons. The standard InChI is InChI=1S/C23H28FN11O/c1-3-35-18(28-12-32-35)8-27-22(36)23(26)6-7-33(10-23)17-5-4-16(24)14(2)15(17)9-34-13-31-19-20(25)29-11-30-21(19)34/h4-5,11-13H,3,6-10,26H2,1-2H3,(H,27,36)(H2,25,29,30)/t23-/m1/s1. The fourth-order valence-corrected chi connectivity index (χ4v) is 4.64. The summed E-state index contributed by atoms with van der Waals surface area (Å²) in [6, 6.07) is 3.17. The fraction of sp³-hybridized carbons (Fsp3) is 0.391. The molecular weight excluding hydrogens is 465 g/mol. The highest BCUT2D eigenvalue weighted by Crippen LogP contribution is 2.32. The second-order valence-electron chi connectivity index (χ2n) is 8.98. The summed E-state index contributed by atoms with van der Waals surface area (Å²) >= 11 is 0. The molecule has 1 aromatic carbocycles. The maximum atomic E-state index is 14.6. The van der Waals surface area contributed by atoms with Crippen molar-refractivity contribution in [3.05, 3.63) is 53.9 Å². The Labute approximate surface area is 206 Å². The van der Waals surface area contributed by atoms with Gasteiger partial charge in [-0.25, -0.2) is 29.0 Å². The molecule has 0 aliphatic carbocycles. The van der Waals surface area contributed by atoms with E-state index in [1.165, 1.54) is 18.7 Å². The monoisotopic (exact) mass is 493 g/mol. The largest absolute Gasteiger partial charge is 0.382 e. The molecule has 1 amide bonds. The van der Waals surface area contributed by atoms with Gasteiger partial charge in [0, 0.05) is 30.9 Å². The first kappa shape index (κ1) is 23.6. The van der Waals surface area contributed by atoms with Gasteiger partial charge in [0.25, 0.3) is 0 Å². The average molecular weight is 494 g/mol. The number of halogens is 1. The number of nitrogens with zero attached hydrogens (tertiary/aromatic N) is 8. The van der Waals surface area contributed by atoms with E-state index in [1.54, 1.807) is 28.6 Å². The predicted octanol–water partition coefficient (Wildman–Crippen LogP) is 0.740. The molecule has 1 atom stereocenters. The normalized spacial score (nSPS) is 17.7. The number of hydrogen-bond acceptors (Lipinski definition) is 9. The molecule has 5 rings (SSSR count). The van der Waals surface area contributed by atoms with Crippen LogP contribution in [0.3, 0.4) is 0 Å². The molecule has 12 nitrogen and oxygen atoms in total. The van der Waals surface area contributed by atoms with E-state index in [9.17, 15) is 9.18 Å². The lowest BCUT2D eigenvalue weighted by Crippen LogP contribution is -2.55. The van der Waals surface area contributed by atoms with Gasteiger partial charge in [0.2, 0.25) is 5.91 Å². The lowest BCUT2D eigenvalue weighted by Gasteiger charge is -2.27. The van der Waals surface area contributed by atoms with Crippen molar-refractivity contribution >= 4 is 28.6 Å². The van der Waals surface area contributed by atoms with E-state index in [1.807, 2.05) is 11.8 Å². The molecule has 4 aromatic rings. The third-order valence-electron chi connectivity index (χ3n) is 6.76. The molecule has 1 saturated heterocycles. The molecule has 4 heterocycles. The van der Waals surface area contributed by atoms with Gasteiger partial charge in [-0.1, -0.05) is 0 Å². The fourth-order valence-electron chi connectivity index (χ4n) is 4.64. The van der Waals surface area contributed by atoms with Crippen molar-refractivity contribution < 1.29 is 9.18 Å². The van der Waals surface area contributed by atoms with Crippen LogP contribution in [-0.4, -0.2) is 58.8 Å². The molecule has 1 fully saturated rings. The molecule has 188 valence electrons. The third kappa shape index (κ3) is 4.11. The van der Waals surface area contributed by atoms with Gasteiger partial charge in [0.05, 0.1) is 19.4 Å². The number of aryl methyl sites for hydroxylation is 1. The van der Waals surface area contributed by atoms with E-state index in [4.69, 9.17) is 11.5 Å². The number of nitrogen functional groups attached to an aromatic ring is 1. The minimum absolute atomic E-state index is 0.241. The molecular formula is C23H28FN11O. The van der Waals surface area contributed by atoms with Crippen molar-refractivity contribution in [2.75, 3.05) is 23.7 Å². The first-order chi connectivity index (χ1) is 17.3. The number of imidazole rings is 1. The third-order valence-corrected chi connectivity index (χ3v) is 6.76. The highest BCUT2D eigenvalue weighted by molar-refractivity contribution is 5.88. The maximum absolute atomic E-state index is 14.6. The van der Waals surface area contributed by atoms with Gasteiger partial charge in [-0.15, -0.1) is 0 Å². The number of nitrogens with two attached hydrogens (primary N) is 2. The van der Waals surface area contributed by atoms with Crippen LogP contribution in [0.1, 0.15) is 30.3 Å². The summed E-state index contributed by atoms with van der Waals surface area (Å²) in [5.41, 5.74) is 14.5. The van der Waals surface area contributed by atoms with E-state index >= 15 is 0 Å². The Balaban J connectivity index is 1.38. The number of rotatable bonds is 7. The molecule has 1 aliphatic heterocycles. The Morgan fingerprint density at radius 1 is 1.22 bits per heavy atom. The lowest BCUT2D eigenvalue weighted by atomic mass is 9.99. The van der Waals surface area contributed by atoms with Gasteiger partial charge in [0.15, 0.2) is 11.5 Å². The van der Waals surface area contributed by atoms with E-state index in [0.29, 0.717) is 48.6 Å². The molecule has 13 heteroatoms. The second kappa shape index (κ2) is 9.15. The van der Waals surface area contributed by atoms with Gasteiger partial charge in [-0.3, -0.25) is 4.79 Å². The van der Waals surface area contributed by atoms with Crippen LogP contribution in [0.5, 0.6) is 0 Å². The van der Waals surface area contributed by atoms with E-state index in [2.05, 4.69) is 30.4 Å². The summed E-state index contributed by atoms with van der Waals surface area (Å²) in [5, 5.41) is 7.02. The number of carbonyl (C=O) groups excluding carboxylic acids is 1. The van der Waals surface area contributed by atoms with Gasteiger partial charge < -0.3 is 26.3 Å². The van der Waals surface area contributed by atoms with Crippen molar-refractivity contribution in [1.29, 1.82) is 0 Å². The summed E-state index contributed by atoms with van der Waals surface area (Å²) in [6.45, 7) is 5.74. The minimum Gasteiger partial charge on any atom is -0.382 e. The molecule has 3 aromatic heterocycles. The number of nitrogens with one attached hydrogen (secondary N) is 1. The van der Waals surface area contributed by atoms with E-state index in [0.717, 1.165) is 11.3 Å². The number of carbonyl (C=O) groups is 1. The Morgan fingerprint density at radius 2 is 2.06 bits per heavy atom. The highest BCUT2D eigenvalue weighted by Gasteiger charge is 2.42. The number of fused-ring (bicyclic) bond motifs is 1. The van der Waals surface area contributed by atoms with Gasteiger partial charge >= 0.3 is 0 Å². The lowest BCUT2D eigenvalue weighted by molar-refractivity contribution is -0.125. The van der Waals surface area contributed by atoms with E-state index in [-0.39, 0.29) is 30.6 Å². The summed E-state index contributed by atoms with van der Waals surface area (Å²) in [4.78, 5) is 31.9. The summed E-state index contributed by atoms with van der Waals surface area (Å²) < 4.78 is 18.2. The molecule has 5 N–H and O–H groups in total. The second-order valence-corrected chi connectivity index (χ2v) is 8.98. The number of benzene rings is 1. The Bertz CT molecular complexity index is 1430. The first-order valence-electron chi connectivity index (χ1n) is 11.7. The quantitative estimate of drug-likeness (QED) is 0.337. The molecule has 0 bridgehead atoms. The van der Waals surface area contributed by atoms with Crippen LogP contribution < -0.4 is 21.7 Å². The van der Waals surface area contributed by atoms with Crippen LogP contribution in [0.15, 0.2) is 31.1 Å². The Morgan fingerprint density at radius 3 is 2.86 bits per heavy atom. The molecule has 1 aliphatic rings. The van der Waals surface area contributed by atoms with Crippen LogP contribution in [0.2, 0.25) is 0 Å². The van der Waals surface area contributed by atoms with E-state index < -0.39 is 5.54 Å². The number of aromatic nitrogens is 7. The Hall–Kier alpha value is -4.13. The van der Waals surface area contributed by atoms with Crippen molar-refractivity contribution in [1.82, 2.24) is 39.6 Å². The van der Waals surface area contributed by atoms with Crippen molar-refractivity contribution in [3.8, 4) is 0 Å². The van der Waals surface area contributed by atoms with Gasteiger partial charge in [0.1, 0.15) is 35.4 Å². The van der Waals surface area contributed by atoms with Crippen molar-refractivity contribution in [2.24, 2.45) is 5.73 Å². The SMILES string of the molecule is CCn1ncnc1CNC(=O)[C@@]1(N)CCN(c2ccc(F)c(C)c2Cn2cnc3c(N)ncnc32)C1. The topological polar surface area (TPSA) is 159 Å². The zero-order valence-corrected chi connectivity index (χ0v) is 20.1. The van der Waals surface area contributed by atoms with Crippen molar-refractivity contribution in [3.63, 3.8) is 0 Å². The molecule has 0 unspecified atom stereocenters. The maximum Gasteiger partial charge on any atom is 0.242 e. The number of hydrogen-bond donors (Lipinski definition) is 3. The summed E-state index contributed by atoms with van der Waals surface area (Å²) in [7, 11) is 0. The average Bonchev–Trinajstić information content (AvgIpc) is 3.60. The summed E-state index contributed by atoms with van der Waals surface area (Å²) in [5.74, 6) is 0.371.